The average molecular weight is 479 g/mol. The van der Waals surface area contributed by atoms with Crippen LogP contribution in [0.5, 0.6) is 0 Å². The lowest BCUT2D eigenvalue weighted by molar-refractivity contribution is -0.187. The summed E-state index contributed by atoms with van der Waals surface area (Å²) in [5, 5.41) is 0. The van der Waals surface area contributed by atoms with E-state index in [1.165, 1.54) is 12.1 Å². The first-order valence-electron chi connectivity index (χ1n) is 10.5. The third-order valence-corrected chi connectivity index (χ3v) is 6.20. The zero-order chi connectivity index (χ0) is 24.8. The maximum atomic E-state index is 13.5. The molecule has 2 N–H and O–H groups in total. The van der Waals surface area contributed by atoms with Crippen LogP contribution >= 0.6 is 0 Å². The summed E-state index contributed by atoms with van der Waals surface area (Å²) in [6, 6.07) is 7.19. The molecule has 1 fully saturated rings. The van der Waals surface area contributed by atoms with Crippen LogP contribution in [0.3, 0.4) is 0 Å². The van der Waals surface area contributed by atoms with Crippen molar-refractivity contribution in [1.29, 1.82) is 0 Å². The van der Waals surface area contributed by atoms with Crippen molar-refractivity contribution in [3.63, 3.8) is 0 Å². The number of imide groups is 1. The van der Waals surface area contributed by atoms with Crippen molar-refractivity contribution in [1.82, 2.24) is 9.80 Å². The van der Waals surface area contributed by atoms with Gasteiger partial charge < -0.3 is 15.4 Å². The molecule has 1 aliphatic heterocycles. The molecule has 34 heavy (non-hydrogen) atoms. The molecule has 4 rings (SSSR count). The molecule has 2 atom stereocenters. The van der Waals surface area contributed by atoms with Crippen LogP contribution in [-0.4, -0.2) is 46.5 Å². The Morgan fingerprint density at radius 3 is 2.53 bits per heavy atom. The van der Waals surface area contributed by atoms with Gasteiger partial charge in [0.15, 0.2) is 0 Å². The first-order valence-corrected chi connectivity index (χ1v) is 10.5. The van der Waals surface area contributed by atoms with Gasteiger partial charge in [0.05, 0.1) is 0 Å². The minimum Gasteiger partial charge on any atom is -0.427 e. The second-order valence-corrected chi connectivity index (χ2v) is 8.37. The van der Waals surface area contributed by atoms with E-state index in [1.807, 2.05) is 0 Å². The first kappa shape index (κ1) is 23.5. The molecule has 11 heteroatoms. The molecule has 1 unspecified atom stereocenters. The van der Waals surface area contributed by atoms with E-state index in [4.69, 9.17) is 10.5 Å². The van der Waals surface area contributed by atoms with Gasteiger partial charge in [0, 0.05) is 24.2 Å². The van der Waals surface area contributed by atoms with E-state index in [-0.39, 0.29) is 12.0 Å². The number of hydrogen-bond acceptors (Lipinski definition) is 5. The van der Waals surface area contributed by atoms with E-state index < -0.39 is 54.6 Å². The fraction of sp³-hybridized carbons (Fsp3) is 0.348. The molecule has 1 heterocycles. The van der Waals surface area contributed by atoms with E-state index in [9.17, 15) is 31.9 Å². The molecule has 0 aromatic heterocycles. The Balaban J connectivity index is 1.58. The van der Waals surface area contributed by atoms with E-state index in [0.717, 1.165) is 24.6 Å². The Morgan fingerprint density at radius 1 is 1.21 bits per heavy atom. The normalized spacial score (nSPS) is 20.4. The van der Waals surface area contributed by atoms with Crippen molar-refractivity contribution < 1.29 is 36.7 Å². The Hall–Kier alpha value is -3.63. The van der Waals surface area contributed by atoms with Crippen LogP contribution < -0.4 is 5.73 Å². The molecule has 2 aromatic carbocycles. The fourth-order valence-corrected chi connectivity index (χ4v) is 4.30. The number of rotatable bonds is 5. The van der Waals surface area contributed by atoms with Crippen LogP contribution in [0, 0.1) is 5.82 Å². The van der Waals surface area contributed by atoms with Gasteiger partial charge in [-0.2, -0.15) is 13.2 Å². The highest BCUT2D eigenvalue weighted by Crippen LogP contribution is 2.45. The third kappa shape index (κ3) is 4.06. The molecule has 7 nitrogen and oxygen atoms in total. The summed E-state index contributed by atoms with van der Waals surface area (Å²) in [7, 11) is 0. The van der Waals surface area contributed by atoms with Crippen molar-refractivity contribution in [2.75, 3.05) is 12.3 Å². The number of amides is 3. The lowest BCUT2D eigenvalue weighted by Gasteiger charge is -2.31. The summed E-state index contributed by atoms with van der Waals surface area (Å²) in [6.45, 7) is -0.625. The SMILES string of the molecule is C[C@H](N(Cc1ccc(F)cc1)C(=O)CN1C(=O)OC2(CCc3cc(N)ccc32)C1=O)C(F)(F)F. The van der Waals surface area contributed by atoms with Crippen molar-refractivity contribution in [2.24, 2.45) is 0 Å². The van der Waals surface area contributed by atoms with Crippen LogP contribution in [-0.2, 0) is 32.9 Å². The number of aryl methyl sites for hydroxylation is 1. The molecule has 0 saturated carbocycles. The number of carbonyl (C=O) groups excluding carboxylic acids is 3. The molecular weight excluding hydrogens is 458 g/mol. The molecule has 3 amide bonds. The van der Waals surface area contributed by atoms with Gasteiger partial charge in [-0.1, -0.05) is 18.2 Å². The van der Waals surface area contributed by atoms with Gasteiger partial charge in [-0.05, 0) is 48.7 Å². The molecule has 1 aliphatic carbocycles. The number of anilines is 1. The lowest BCUT2D eigenvalue weighted by atomic mass is 9.94. The number of carbonyl (C=O) groups is 3. The maximum Gasteiger partial charge on any atom is 0.418 e. The van der Waals surface area contributed by atoms with Crippen LogP contribution in [0.1, 0.15) is 30.0 Å². The molecule has 180 valence electrons. The number of ether oxygens (including phenoxy) is 1. The quantitative estimate of drug-likeness (QED) is 0.524. The number of halogens is 4. The summed E-state index contributed by atoms with van der Waals surface area (Å²) in [6.07, 6.45) is -5.33. The predicted molar refractivity (Wildman–Crippen MR) is 112 cm³/mol. The third-order valence-electron chi connectivity index (χ3n) is 6.20. The second kappa shape index (κ2) is 8.30. The van der Waals surface area contributed by atoms with Crippen molar-refractivity contribution in [3.05, 3.63) is 65.0 Å². The second-order valence-electron chi connectivity index (χ2n) is 8.37. The Labute approximate surface area is 192 Å². The predicted octanol–water partition coefficient (Wildman–Crippen LogP) is 3.51. The van der Waals surface area contributed by atoms with Crippen molar-refractivity contribution in [2.45, 2.75) is 44.1 Å². The Bertz CT molecular complexity index is 1150. The number of nitrogens with two attached hydrogens (primary N) is 1. The van der Waals surface area contributed by atoms with Gasteiger partial charge >= 0.3 is 12.3 Å². The summed E-state index contributed by atoms with van der Waals surface area (Å²) < 4.78 is 59.1. The van der Waals surface area contributed by atoms with E-state index in [1.54, 1.807) is 18.2 Å². The van der Waals surface area contributed by atoms with Crippen LogP contribution in [0.25, 0.3) is 0 Å². The molecule has 0 bridgehead atoms. The van der Waals surface area contributed by atoms with Gasteiger partial charge in [0.25, 0.3) is 5.91 Å². The number of nitrogen functional groups attached to an aromatic ring is 1. The highest BCUT2D eigenvalue weighted by atomic mass is 19.4. The van der Waals surface area contributed by atoms with Crippen LogP contribution in [0.4, 0.5) is 28.0 Å². The van der Waals surface area contributed by atoms with Crippen molar-refractivity contribution >= 4 is 23.6 Å². The van der Waals surface area contributed by atoms with E-state index in [2.05, 4.69) is 0 Å². The van der Waals surface area contributed by atoms with Gasteiger partial charge in [0.1, 0.15) is 18.4 Å². The number of nitrogens with zero attached hydrogens (tertiary/aromatic N) is 2. The average Bonchev–Trinajstić information content (AvgIpc) is 3.24. The first-order chi connectivity index (χ1) is 15.9. The van der Waals surface area contributed by atoms with Gasteiger partial charge in [-0.25, -0.2) is 14.1 Å². The summed E-state index contributed by atoms with van der Waals surface area (Å²) in [5.41, 5.74) is 6.03. The number of alkyl halides is 3. The number of fused-ring (bicyclic) bond motifs is 2. The van der Waals surface area contributed by atoms with Gasteiger partial charge in [-0.15, -0.1) is 0 Å². The summed E-state index contributed by atoms with van der Waals surface area (Å²) >= 11 is 0. The summed E-state index contributed by atoms with van der Waals surface area (Å²) in [4.78, 5) is 39.8. The highest BCUT2D eigenvalue weighted by molar-refractivity contribution is 6.06. The number of hydrogen-bond donors (Lipinski definition) is 1. The summed E-state index contributed by atoms with van der Waals surface area (Å²) in [5.74, 6) is -2.50. The smallest absolute Gasteiger partial charge is 0.418 e. The van der Waals surface area contributed by atoms with E-state index in [0.29, 0.717) is 27.5 Å². The van der Waals surface area contributed by atoms with Crippen molar-refractivity contribution in [3.8, 4) is 0 Å². The van der Waals surface area contributed by atoms with E-state index >= 15 is 0 Å². The molecule has 0 radical (unpaired) electrons. The standard InChI is InChI=1S/C23H21F4N3O4/c1-13(23(25,26)27)29(11-14-2-4-16(24)5-3-14)19(31)12-30-20(32)22(34-21(30)33)9-8-15-10-17(28)6-7-18(15)22/h2-7,10,13H,8-9,11-12,28H2,1H3/t13-,22?/m0/s1. The monoisotopic (exact) mass is 479 g/mol. The van der Waals surface area contributed by atoms with Gasteiger partial charge in [-0.3, -0.25) is 9.59 Å². The molecular formula is C23H21F4N3O4. The minimum atomic E-state index is -4.77. The van der Waals surface area contributed by atoms with Crippen LogP contribution in [0.2, 0.25) is 0 Å². The molecule has 2 aliphatic rings. The molecule has 1 saturated heterocycles. The number of benzene rings is 2. The highest BCUT2D eigenvalue weighted by Gasteiger charge is 2.58. The molecule has 2 aromatic rings. The Kier molecular flexibility index (Phi) is 5.74. The molecule has 1 spiro atoms. The largest absolute Gasteiger partial charge is 0.427 e. The Morgan fingerprint density at radius 2 is 1.88 bits per heavy atom. The topological polar surface area (TPSA) is 92.9 Å². The minimum absolute atomic E-state index is 0.138. The van der Waals surface area contributed by atoms with Crippen LogP contribution in [0.15, 0.2) is 42.5 Å². The fourth-order valence-electron chi connectivity index (χ4n) is 4.30. The zero-order valence-corrected chi connectivity index (χ0v) is 18.1. The maximum absolute atomic E-state index is 13.5. The van der Waals surface area contributed by atoms with Gasteiger partial charge in [0.2, 0.25) is 11.5 Å². The lowest BCUT2D eigenvalue weighted by Crippen LogP contribution is -2.51. The zero-order valence-electron chi connectivity index (χ0n) is 18.1.